The molecule has 1 aliphatic heterocycles. The van der Waals surface area contributed by atoms with Crippen molar-refractivity contribution >= 4 is 46.5 Å². The van der Waals surface area contributed by atoms with Crippen molar-refractivity contribution in [3.05, 3.63) is 35.5 Å². The average molecular weight is 362 g/mol. The summed E-state index contributed by atoms with van der Waals surface area (Å²) in [7, 11) is 0. The van der Waals surface area contributed by atoms with Gasteiger partial charge in [-0.05, 0) is 26.8 Å². The Labute approximate surface area is 151 Å². The number of hydrogen-bond acceptors (Lipinski definition) is 4. The van der Waals surface area contributed by atoms with Crippen molar-refractivity contribution in [1.29, 1.82) is 0 Å². The van der Waals surface area contributed by atoms with Crippen LogP contribution >= 0.6 is 23.5 Å². The second-order valence-corrected chi connectivity index (χ2v) is 9.52. The lowest BCUT2D eigenvalue weighted by molar-refractivity contribution is -0.121. The zero-order valence-electron chi connectivity index (χ0n) is 14.3. The molecule has 0 radical (unpaired) electrons. The first-order valence-corrected chi connectivity index (χ1v) is 10.2. The molecular weight excluding hydrogens is 338 g/mol. The summed E-state index contributed by atoms with van der Waals surface area (Å²) in [6.07, 6.45) is 2.27. The first-order chi connectivity index (χ1) is 11.5. The number of carbonyl (C=O) groups excluding carboxylic acids is 1. The van der Waals surface area contributed by atoms with Crippen LogP contribution < -0.4 is 5.43 Å². The minimum absolute atomic E-state index is 0.00619. The van der Waals surface area contributed by atoms with Crippen LogP contribution in [-0.2, 0) is 11.3 Å². The van der Waals surface area contributed by atoms with Gasteiger partial charge in [0, 0.05) is 40.2 Å². The van der Waals surface area contributed by atoms with Crippen LogP contribution in [0.2, 0.25) is 0 Å². The topological polar surface area (TPSA) is 46.4 Å². The quantitative estimate of drug-likeness (QED) is 0.647. The van der Waals surface area contributed by atoms with E-state index >= 15 is 0 Å². The third kappa shape index (κ3) is 3.49. The van der Waals surface area contributed by atoms with Crippen molar-refractivity contribution in [2.45, 2.75) is 37.8 Å². The second kappa shape index (κ2) is 7.23. The Kier molecular flexibility index (Phi) is 5.25. The summed E-state index contributed by atoms with van der Waals surface area (Å²) < 4.78 is 2.26. The summed E-state index contributed by atoms with van der Waals surface area (Å²) >= 11 is 3.72. The minimum atomic E-state index is -0.0208. The molecule has 0 spiro atoms. The van der Waals surface area contributed by atoms with Gasteiger partial charge >= 0.3 is 0 Å². The van der Waals surface area contributed by atoms with E-state index in [0.29, 0.717) is 6.42 Å². The van der Waals surface area contributed by atoms with Gasteiger partial charge in [-0.1, -0.05) is 18.2 Å². The van der Waals surface area contributed by atoms with Crippen molar-refractivity contribution < 1.29 is 4.79 Å². The number of carbonyl (C=O) groups is 1. The van der Waals surface area contributed by atoms with Crippen molar-refractivity contribution in [3.8, 4) is 0 Å². The summed E-state index contributed by atoms with van der Waals surface area (Å²) in [4.78, 5) is 12.1. The van der Waals surface area contributed by atoms with E-state index in [0.717, 1.165) is 23.6 Å². The smallest absolute Gasteiger partial charge is 0.242 e. The van der Waals surface area contributed by atoms with E-state index in [-0.39, 0.29) is 9.99 Å². The fourth-order valence-corrected chi connectivity index (χ4v) is 6.02. The van der Waals surface area contributed by atoms with Crippen molar-refractivity contribution in [2.24, 2.45) is 5.10 Å². The maximum atomic E-state index is 12.1. The zero-order chi connectivity index (χ0) is 17.2. The van der Waals surface area contributed by atoms with Gasteiger partial charge in [0.25, 0.3) is 0 Å². The van der Waals surface area contributed by atoms with Crippen LogP contribution in [0.5, 0.6) is 0 Å². The maximum absolute atomic E-state index is 12.1. The molecule has 1 amide bonds. The number of hydrogen-bond donors (Lipinski definition) is 1. The zero-order valence-corrected chi connectivity index (χ0v) is 16.0. The third-order valence-electron chi connectivity index (χ3n) is 4.36. The van der Waals surface area contributed by atoms with Gasteiger partial charge < -0.3 is 4.57 Å². The normalized spacial score (nSPS) is 17.0. The Hall–Kier alpha value is -1.40. The Balaban J connectivity index is 1.74. The monoisotopic (exact) mass is 361 g/mol. The lowest BCUT2D eigenvalue weighted by Crippen LogP contribution is -2.26. The first-order valence-electron chi connectivity index (χ1n) is 8.22. The highest BCUT2D eigenvalue weighted by Crippen LogP contribution is 2.45. The molecule has 0 atom stereocenters. The molecule has 2 heterocycles. The van der Waals surface area contributed by atoms with Gasteiger partial charge in [-0.25, -0.2) is 5.43 Å². The summed E-state index contributed by atoms with van der Waals surface area (Å²) in [6, 6.07) is 8.31. The van der Waals surface area contributed by atoms with E-state index in [1.54, 1.807) is 6.21 Å². The standard InChI is InChI=1S/C18H23N3OS2/c1-4-21-13(2)15(14-7-5-6-8-16(14)21)12-19-20-17(22)11-18(3)23-9-10-24-18/h5-8,12H,4,9-11H2,1-3H3,(H,20,22)/b19-12-. The van der Waals surface area contributed by atoms with Crippen LogP contribution in [0.3, 0.4) is 0 Å². The molecule has 1 aromatic heterocycles. The number of nitrogens with one attached hydrogen (secondary N) is 1. The summed E-state index contributed by atoms with van der Waals surface area (Å²) in [5.41, 5.74) is 6.15. The highest BCUT2D eigenvalue weighted by molar-refractivity contribution is 8.21. The Bertz CT molecular complexity index is 776. The van der Waals surface area contributed by atoms with Crippen LogP contribution in [-0.4, -0.2) is 32.3 Å². The molecule has 0 bridgehead atoms. The summed E-state index contributed by atoms with van der Waals surface area (Å²) in [6.45, 7) is 7.29. The van der Waals surface area contributed by atoms with Crippen LogP contribution in [0.4, 0.5) is 0 Å². The van der Waals surface area contributed by atoms with E-state index in [4.69, 9.17) is 0 Å². The second-order valence-electron chi connectivity index (χ2n) is 6.06. The SMILES string of the molecule is CCn1c(C)c(/C=N\NC(=O)CC2(C)SCCS2)c2ccccc21. The number of thioether (sulfide) groups is 2. The number of fused-ring (bicyclic) bond motifs is 1. The first kappa shape index (κ1) is 17.4. The number of aromatic nitrogens is 1. The van der Waals surface area contributed by atoms with E-state index in [2.05, 4.69) is 48.0 Å². The maximum Gasteiger partial charge on any atom is 0.242 e. The number of benzene rings is 1. The molecule has 2 aromatic rings. The fraction of sp³-hybridized carbons (Fsp3) is 0.444. The molecule has 0 saturated carbocycles. The molecule has 1 fully saturated rings. The van der Waals surface area contributed by atoms with Gasteiger partial charge in [-0.15, -0.1) is 23.5 Å². The van der Waals surface area contributed by atoms with Gasteiger partial charge in [0.1, 0.15) is 0 Å². The molecule has 6 heteroatoms. The van der Waals surface area contributed by atoms with E-state index in [1.165, 1.54) is 16.6 Å². The highest BCUT2D eigenvalue weighted by Gasteiger charge is 2.32. The number of rotatable bonds is 5. The molecule has 0 aliphatic carbocycles. The molecule has 1 aliphatic rings. The Morgan fingerprint density at radius 2 is 2.08 bits per heavy atom. The number of nitrogens with zero attached hydrogens (tertiary/aromatic N) is 2. The average Bonchev–Trinajstić information content (AvgIpc) is 3.09. The lowest BCUT2D eigenvalue weighted by Gasteiger charge is -2.19. The van der Waals surface area contributed by atoms with Gasteiger partial charge in [0.15, 0.2) is 0 Å². The molecule has 128 valence electrons. The largest absolute Gasteiger partial charge is 0.344 e. The van der Waals surface area contributed by atoms with Gasteiger partial charge in [0.2, 0.25) is 5.91 Å². The number of para-hydroxylation sites is 1. The summed E-state index contributed by atoms with van der Waals surface area (Å²) in [5, 5.41) is 5.39. The molecular formula is C18H23N3OS2. The predicted octanol–water partition coefficient (Wildman–Crippen LogP) is 4.01. The number of hydrazone groups is 1. The van der Waals surface area contributed by atoms with E-state index in [1.807, 2.05) is 35.7 Å². The third-order valence-corrected chi connectivity index (χ3v) is 7.65. The van der Waals surface area contributed by atoms with Crippen molar-refractivity contribution in [3.63, 3.8) is 0 Å². The molecule has 24 heavy (non-hydrogen) atoms. The van der Waals surface area contributed by atoms with Gasteiger partial charge in [0.05, 0.1) is 16.7 Å². The van der Waals surface area contributed by atoms with Crippen LogP contribution in [0.25, 0.3) is 10.9 Å². The molecule has 1 aromatic carbocycles. The van der Waals surface area contributed by atoms with Gasteiger partial charge in [-0.3, -0.25) is 4.79 Å². The van der Waals surface area contributed by atoms with Gasteiger partial charge in [-0.2, -0.15) is 5.10 Å². The fourth-order valence-electron chi connectivity index (χ4n) is 3.19. The molecule has 4 nitrogen and oxygen atoms in total. The predicted molar refractivity (Wildman–Crippen MR) is 106 cm³/mol. The van der Waals surface area contributed by atoms with Crippen molar-refractivity contribution in [2.75, 3.05) is 11.5 Å². The highest BCUT2D eigenvalue weighted by atomic mass is 32.2. The molecule has 0 unspecified atom stereocenters. The number of aryl methyl sites for hydroxylation is 1. The Morgan fingerprint density at radius 3 is 2.79 bits per heavy atom. The van der Waals surface area contributed by atoms with Crippen molar-refractivity contribution in [1.82, 2.24) is 9.99 Å². The molecule has 3 rings (SSSR count). The molecule has 1 N–H and O–H groups in total. The lowest BCUT2D eigenvalue weighted by atomic mass is 10.1. The van der Waals surface area contributed by atoms with E-state index in [9.17, 15) is 4.79 Å². The Morgan fingerprint density at radius 1 is 1.38 bits per heavy atom. The minimum Gasteiger partial charge on any atom is -0.344 e. The van der Waals surface area contributed by atoms with Crippen LogP contribution in [0, 0.1) is 6.92 Å². The van der Waals surface area contributed by atoms with Crippen LogP contribution in [0.1, 0.15) is 31.5 Å². The molecule has 1 saturated heterocycles. The van der Waals surface area contributed by atoms with Crippen LogP contribution in [0.15, 0.2) is 29.4 Å². The van der Waals surface area contributed by atoms with E-state index < -0.39 is 0 Å². The number of amides is 1. The summed E-state index contributed by atoms with van der Waals surface area (Å²) in [5.74, 6) is 2.22.